The normalized spacial score (nSPS) is 15.5. The Morgan fingerprint density at radius 2 is 1.88 bits per heavy atom. The van der Waals surface area contributed by atoms with Gasteiger partial charge in [0.15, 0.2) is 17.1 Å². The van der Waals surface area contributed by atoms with Crippen LogP contribution in [0, 0.1) is 6.92 Å². The Morgan fingerprint density at radius 3 is 2.56 bits per heavy atom. The number of nitrogens with zero attached hydrogens (tertiary/aromatic N) is 4. The van der Waals surface area contributed by atoms with E-state index in [-0.39, 0.29) is 18.0 Å². The Kier molecular flexibility index (Phi) is 7.33. The van der Waals surface area contributed by atoms with Gasteiger partial charge in [0.2, 0.25) is 0 Å². The highest BCUT2D eigenvalue weighted by Gasteiger charge is 2.25. The van der Waals surface area contributed by atoms with Crippen LogP contribution in [0.4, 0.5) is 0 Å². The topological polar surface area (TPSA) is 90.7 Å². The van der Waals surface area contributed by atoms with E-state index < -0.39 is 0 Å². The van der Waals surface area contributed by atoms with E-state index in [1.807, 2.05) is 35.9 Å². The molecule has 1 aromatic carbocycles. The number of benzene rings is 1. The molecule has 1 unspecified atom stereocenters. The van der Waals surface area contributed by atoms with Crippen molar-refractivity contribution in [2.75, 3.05) is 47.1 Å². The van der Waals surface area contributed by atoms with Crippen molar-refractivity contribution < 1.29 is 19.0 Å². The van der Waals surface area contributed by atoms with E-state index in [4.69, 9.17) is 14.2 Å². The monoisotopic (exact) mass is 467 g/mol. The van der Waals surface area contributed by atoms with Crippen molar-refractivity contribution in [3.8, 4) is 11.5 Å². The molecule has 1 N–H and O–H groups in total. The highest BCUT2D eigenvalue weighted by atomic mass is 16.5. The number of carbonyl (C=O) groups is 1. The molecule has 4 rings (SSSR count). The molecule has 2 aromatic heterocycles. The maximum atomic E-state index is 13.2. The fourth-order valence-corrected chi connectivity index (χ4v) is 4.37. The van der Waals surface area contributed by atoms with Crippen LogP contribution in [0.25, 0.3) is 11.0 Å². The number of rotatable bonds is 8. The minimum absolute atomic E-state index is 0.0339. The third-order valence-electron chi connectivity index (χ3n) is 6.23. The van der Waals surface area contributed by atoms with Gasteiger partial charge in [-0.1, -0.05) is 6.07 Å². The van der Waals surface area contributed by atoms with Crippen LogP contribution in [0.5, 0.6) is 11.5 Å². The van der Waals surface area contributed by atoms with Crippen molar-refractivity contribution in [3.05, 3.63) is 47.3 Å². The van der Waals surface area contributed by atoms with E-state index in [1.54, 1.807) is 20.4 Å². The third-order valence-corrected chi connectivity index (χ3v) is 6.23. The van der Waals surface area contributed by atoms with Gasteiger partial charge in [-0.3, -0.25) is 9.69 Å². The van der Waals surface area contributed by atoms with Crippen LogP contribution in [-0.4, -0.2) is 72.6 Å². The lowest BCUT2D eigenvalue weighted by Gasteiger charge is -2.35. The van der Waals surface area contributed by atoms with E-state index in [2.05, 4.69) is 34.1 Å². The molecule has 1 atom stereocenters. The number of nitrogens with one attached hydrogen (secondary N) is 1. The van der Waals surface area contributed by atoms with Gasteiger partial charge in [0, 0.05) is 31.1 Å². The molecule has 0 aliphatic carbocycles. The van der Waals surface area contributed by atoms with Crippen LogP contribution >= 0.6 is 0 Å². The number of pyridine rings is 1. The van der Waals surface area contributed by atoms with Gasteiger partial charge in [-0.25, -0.2) is 9.67 Å². The van der Waals surface area contributed by atoms with Gasteiger partial charge in [0.1, 0.15) is 0 Å². The molecule has 3 heterocycles. The van der Waals surface area contributed by atoms with Gasteiger partial charge in [0.05, 0.1) is 50.9 Å². The summed E-state index contributed by atoms with van der Waals surface area (Å²) in [6, 6.07) is 7.93. The average molecular weight is 468 g/mol. The lowest BCUT2D eigenvalue weighted by Crippen LogP contribution is -2.44. The molecule has 0 bridgehead atoms. The number of morpholine rings is 1. The highest BCUT2D eigenvalue weighted by Crippen LogP contribution is 2.32. The lowest BCUT2D eigenvalue weighted by molar-refractivity contribution is 0.0162. The summed E-state index contributed by atoms with van der Waals surface area (Å²) in [5, 5.41) is 8.41. The standard InChI is InChI=1S/C25H33N5O4/c1-16(2)30-24-19(14-27-30)12-20(17(3)28-24)25(31)26-15-21(29-8-10-34-11-9-29)18-6-7-22(32-4)23(13-18)33-5/h6-7,12-14,16,21H,8-11,15H2,1-5H3,(H,26,31). The summed E-state index contributed by atoms with van der Waals surface area (Å²) in [4.78, 5) is 20.2. The van der Waals surface area contributed by atoms with Gasteiger partial charge in [-0.15, -0.1) is 0 Å². The lowest BCUT2D eigenvalue weighted by atomic mass is 10.0. The number of aromatic nitrogens is 3. The predicted octanol–water partition coefficient (Wildman–Crippen LogP) is 3.14. The third kappa shape index (κ3) is 4.85. The minimum atomic E-state index is -0.150. The second kappa shape index (κ2) is 10.4. The van der Waals surface area contributed by atoms with Crippen LogP contribution < -0.4 is 14.8 Å². The molecular weight excluding hydrogens is 434 g/mol. The quantitative estimate of drug-likeness (QED) is 0.544. The second-order valence-corrected chi connectivity index (χ2v) is 8.71. The number of hydrogen-bond donors (Lipinski definition) is 1. The molecule has 1 saturated heterocycles. The Hall–Kier alpha value is -3.17. The van der Waals surface area contributed by atoms with Gasteiger partial charge in [-0.2, -0.15) is 5.10 Å². The number of fused-ring (bicyclic) bond motifs is 1. The number of aryl methyl sites for hydroxylation is 1. The SMILES string of the molecule is COc1ccc(C(CNC(=O)c2cc3cnn(C(C)C)c3nc2C)N2CCOCC2)cc1OC. The largest absolute Gasteiger partial charge is 0.493 e. The molecule has 1 fully saturated rings. The first-order chi connectivity index (χ1) is 16.4. The van der Waals surface area contributed by atoms with Crippen molar-refractivity contribution in [2.24, 2.45) is 0 Å². The summed E-state index contributed by atoms with van der Waals surface area (Å²) in [7, 11) is 3.25. The Morgan fingerprint density at radius 1 is 1.15 bits per heavy atom. The molecule has 34 heavy (non-hydrogen) atoms. The smallest absolute Gasteiger partial charge is 0.253 e. The Labute approximate surface area is 200 Å². The van der Waals surface area contributed by atoms with Crippen molar-refractivity contribution in [1.29, 1.82) is 0 Å². The first-order valence-corrected chi connectivity index (χ1v) is 11.6. The molecule has 1 amide bonds. The van der Waals surface area contributed by atoms with Gasteiger partial charge < -0.3 is 19.5 Å². The maximum absolute atomic E-state index is 13.2. The Balaban J connectivity index is 1.58. The van der Waals surface area contributed by atoms with Crippen LogP contribution in [0.3, 0.4) is 0 Å². The molecule has 1 aliphatic heterocycles. The second-order valence-electron chi connectivity index (χ2n) is 8.71. The summed E-state index contributed by atoms with van der Waals surface area (Å²) in [5.41, 5.74) is 3.08. The van der Waals surface area contributed by atoms with Gasteiger partial charge in [-0.05, 0) is 44.5 Å². The molecule has 0 saturated carbocycles. The number of carbonyl (C=O) groups excluding carboxylic acids is 1. The summed E-state index contributed by atoms with van der Waals surface area (Å²) in [5.74, 6) is 1.19. The van der Waals surface area contributed by atoms with Crippen LogP contribution in [0.2, 0.25) is 0 Å². The van der Waals surface area contributed by atoms with Crippen molar-refractivity contribution in [3.63, 3.8) is 0 Å². The number of methoxy groups -OCH3 is 2. The van der Waals surface area contributed by atoms with Crippen molar-refractivity contribution in [2.45, 2.75) is 32.9 Å². The molecule has 3 aromatic rings. The zero-order chi connectivity index (χ0) is 24.2. The fourth-order valence-electron chi connectivity index (χ4n) is 4.37. The van der Waals surface area contributed by atoms with E-state index in [0.717, 1.165) is 29.7 Å². The molecular formula is C25H33N5O4. The predicted molar refractivity (Wildman–Crippen MR) is 130 cm³/mol. The molecule has 9 heteroatoms. The van der Waals surface area contributed by atoms with E-state index in [0.29, 0.717) is 42.5 Å². The summed E-state index contributed by atoms with van der Waals surface area (Å²) in [6.07, 6.45) is 1.76. The van der Waals surface area contributed by atoms with Crippen LogP contribution in [0.1, 0.15) is 47.5 Å². The van der Waals surface area contributed by atoms with Crippen molar-refractivity contribution in [1.82, 2.24) is 25.0 Å². The minimum Gasteiger partial charge on any atom is -0.493 e. The summed E-state index contributed by atoms with van der Waals surface area (Å²) >= 11 is 0. The van der Waals surface area contributed by atoms with Gasteiger partial charge >= 0.3 is 0 Å². The fraction of sp³-hybridized carbons (Fsp3) is 0.480. The average Bonchev–Trinajstić information content (AvgIpc) is 3.27. The Bertz CT molecular complexity index is 1150. The first-order valence-electron chi connectivity index (χ1n) is 11.6. The summed E-state index contributed by atoms with van der Waals surface area (Å²) < 4.78 is 18.3. The molecule has 9 nitrogen and oxygen atoms in total. The molecule has 0 spiro atoms. The van der Waals surface area contributed by atoms with Crippen molar-refractivity contribution >= 4 is 16.9 Å². The number of hydrogen-bond acceptors (Lipinski definition) is 7. The van der Waals surface area contributed by atoms with Crippen LogP contribution in [-0.2, 0) is 4.74 Å². The molecule has 182 valence electrons. The number of ether oxygens (including phenoxy) is 3. The highest BCUT2D eigenvalue weighted by molar-refractivity contribution is 5.98. The maximum Gasteiger partial charge on any atom is 0.253 e. The van der Waals surface area contributed by atoms with E-state index in [9.17, 15) is 4.79 Å². The zero-order valence-electron chi connectivity index (χ0n) is 20.5. The molecule has 0 radical (unpaired) electrons. The first kappa shape index (κ1) is 24.0. The summed E-state index contributed by atoms with van der Waals surface area (Å²) in [6.45, 7) is 9.32. The molecule has 1 aliphatic rings. The van der Waals surface area contributed by atoms with E-state index in [1.165, 1.54) is 0 Å². The van der Waals surface area contributed by atoms with E-state index >= 15 is 0 Å². The zero-order valence-corrected chi connectivity index (χ0v) is 20.5. The van der Waals surface area contributed by atoms with Gasteiger partial charge in [0.25, 0.3) is 5.91 Å². The van der Waals surface area contributed by atoms with Crippen LogP contribution in [0.15, 0.2) is 30.5 Å². The number of amides is 1.